The van der Waals surface area contributed by atoms with E-state index in [0.29, 0.717) is 12.1 Å². The van der Waals surface area contributed by atoms with E-state index in [2.05, 4.69) is 15.0 Å². The van der Waals surface area contributed by atoms with Crippen molar-refractivity contribution in [3.05, 3.63) is 71.3 Å². The lowest BCUT2D eigenvalue weighted by molar-refractivity contribution is 0.582. The summed E-state index contributed by atoms with van der Waals surface area (Å²) < 4.78 is 5.40. The summed E-state index contributed by atoms with van der Waals surface area (Å²) in [4.78, 5) is 12.2. The topological polar surface area (TPSA) is 54.7 Å². The Morgan fingerprint density at radius 3 is 2.91 bits per heavy atom. The quantitative estimate of drug-likeness (QED) is 0.608. The van der Waals surface area contributed by atoms with Crippen LogP contribution in [0.4, 0.5) is 0 Å². The molecule has 3 aromatic heterocycles. The Morgan fingerprint density at radius 1 is 1.14 bits per heavy atom. The second-order valence-electron chi connectivity index (χ2n) is 5.06. The highest BCUT2D eigenvalue weighted by atomic mass is 35.5. The van der Waals surface area contributed by atoms with Crippen LogP contribution in [0.5, 0.6) is 0 Å². The number of rotatable bonds is 3. The molecule has 1 N–H and O–H groups in total. The number of pyridine rings is 1. The molecule has 0 saturated carbocycles. The van der Waals surface area contributed by atoms with Crippen LogP contribution in [-0.4, -0.2) is 15.0 Å². The summed E-state index contributed by atoms with van der Waals surface area (Å²) in [5, 5.41) is 0.729. The van der Waals surface area contributed by atoms with E-state index >= 15 is 0 Å². The van der Waals surface area contributed by atoms with Gasteiger partial charge in [-0.2, -0.15) is 0 Å². The first-order valence-electron chi connectivity index (χ1n) is 6.91. The first-order chi connectivity index (χ1) is 10.8. The van der Waals surface area contributed by atoms with Crippen molar-refractivity contribution in [1.29, 1.82) is 0 Å². The van der Waals surface area contributed by atoms with Gasteiger partial charge in [0.25, 0.3) is 0 Å². The first-order valence-corrected chi connectivity index (χ1v) is 7.29. The number of hydrogen-bond acceptors (Lipinski definition) is 3. The van der Waals surface area contributed by atoms with Gasteiger partial charge in [-0.25, -0.2) is 9.97 Å². The molecule has 0 saturated heterocycles. The average molecular weight is 310 g/mol. The van der Waals surface area contributed by atoms with Gasteiger partial charge in [-0.3, -0.25) is 0 Å². The van der Waals surface area contributed by atoms with Crippen molar-refractivity contribution in [2.45, 2.75) is 6.42 Å². The van der Waals surface area contributed by atoms with Crippen LogP contribution in [-0.2, 0) is 6.42 Å². The number of H-pyrrole nitrogens is 1. The van der Waals surface area contributed by atoms with Gasteiger partial charge in [-0.05, 0) is 35.9 Å². The van der Waals surface area contributed by atoms with Gasteiger partial charge in [0.1, 0.15) is 11.6 Å². The molecular weight excluding hydrogens is 298 g/mol. The number of imidazole rings is 1. The number of aromatic amines is 1. The van der Waals surface area contributed by atoms with E-state index in [-0.39, 0.29) is 0 Å². The maximum Gasteiger partial charge on any atom is 0.177 e. The highest BCUT2D eigenvalue weighted by molar-refractivity contribution is 6.30. The Morgan fingerprint density at radius 2 is 2.09 bits per heavy atom. The second kappa shape index (κ2) is 5.31. The zero-order valence-corrected chi connectivity index (χ0v) is 12.3. The molecule has 0 bridgehead atoms. The van der Waals surface area contributed by atoms with Crippen molar-refractivity contribution < 1.29 is 4.42 Å². The van der Waals surface area contributed by atoms with Crippen LogP contribution >= 0.6 is 11.6 Å². The number of aromatic nitrogens is 3. The van der Waals surface area contributed by atoms with Gasteiger partial charge in [0.2, 0.25) is 0 Å². The Balaban J connectivity index is 1.68. The molecule has 22 heavy (non-hydrogen) atoms. The Bertz CT molecular complexity index is 928. The van der Waals surface area contributed by atoms with Gasteiger partial charge in [0.15, 0.2) is 5.65 Å². The predicted octanol–water partition coefficient (Wildman–Crippen LogP) is 4.46. The lowest BCUT2D eigenvalue weighted by Crippen LogP contribution is -1.90. The summed E-state index contributed by atoms with van der Waals surface area (Å²) in [7, 11) is 0. The molecule has 4 nitrogen and oxygen atoms in total. The molecule has 1 aromatic carbocycles. The summed E-state index contributed by atoms with van der Waals surface area (Å²) in [5.41, 5.74) is 3.63. The smallest absolute Gasteiger partial charge is 0.177 e. The molecule has 0 radical (unpaired) electrons. The summed E-state index contributed by atoms with van der Waals surface area (Å²) in [6, 6.07) is 13.5. The molecule has 4 aromatic rings. The summed E-state index contributed by atoms with van der Waals surface area (Å²) in [5.74, 6) is 1.65. The SMILES string of the molecule is Clc1cccc(Cc2nc3ncc(-c4ccco4)cc3[nH]2)c1. The van der Waals surface area contributed by atoms with E-state index in [1.165, 1.54) is 0 Å². The maximum atomic E-state index is 6.01. The average Bonchev–Trinajstić information content (AvgIpc) is 3.15. The highest BCUT2D eigenvalue weighted by Crippen LogP contribution is 2.22. The Labute approximate surface area is 131 Å². The zero-order chi connectivity index (χ0) is 14.9. The van der Waals surface area contributed by atoms with Gasteiger partial charge in [0, 0.05) is 23.2 Å². The third-order valence-corrected chi connectivity index (χ3v) is 3.69. The van der Waals surface area contributed by atoms with Gasteiger partial charge in [-0.15, -0.1) is 0 Å². The van der Waals surface area contributed by atoms with Crippen molar-refractivity contribution in [3.63, 3.8) is 0 Å². The molecule has 0 aliphatic carbocycles. The minimum atomic E-state index is 0.688. The number of halogens is 1. The van der Waals surface area contributed by atoms with Crippen molar-refractivity contribution in [2.24, 2.45) is 0 Å². The lowest BCUT2D eigenvalue weighted by atomic mass is 10.1. The summed E-state index contributed by atoms with van der Waals surface area (Å²) in [6.07, 6.45) is 4.11. The number of nitrogens with one attached hydrogen (secondary N) is 1. The van der Waals surface area contributed by atoms with E-state index < -0.39 is 0 Å². The molecule has 0 aliphatic rings. The molecule has 0 atom stereocenters. The fourth-order valence-corrected chi connectivity index (χ4v) is 2.66. The van der Waals surface area contributed by atoms with Gasteiger partial charge < -0.3 is 9.40 Å². The van der Waals surface area contributed by atoms with Crippen molar-refractivity contribution >= 4 is 22.8 Å². The van der Waals surface area contributed by atoms with E-state index in [1.807, 2.05) is 42.5 Å². The number of benzene rings is 1. The molecule has 0 amide bonds. The van der Waals surface area contributed by atoms with E-state index in [0.717, 1.165) is 33.3 Å². The van der Waals surface area contributed by atoms with Crippen LogP contribution in [0.1, 0.15) is 11.4 Å². The first kappa shape index (κ1) is 13.1. The zero-order valence-electron chi connectivity index (χ0n) is 11.6. The molecule has 4 rings (SSSR count). The fraction of sp³-hybridized carbons (Fsp3) is 0.0588. The fourth-order valence-electron chi connectivity index (χ4n) is 2.45. The Hall–Kier alpha value is -2.59. The molecule has 5 heteroatoms. The van der Waals surface area contributed by atoms with Crippen LogP contribution in [0.25, 0.3) is 22.5 Å². The largest absolute Gasteiger partial charge is 0.464 e. The number of furan rings is 1. The van der Waals surface area contributed by atoms with Gasteiger partial charge in [-0.1, -0.05) is 23.7 Å². The summed E-state index contributed by atoms with van der Waals surface area (Å²) in [6.45, 7) is 0. The van der Waals surface area contributed by atoms with E-state index in [9.17, 15) is 0 Å². The standard InChI is InChI=1S/C17H12ClN3O/c18-13-4-1-3-11(7-13)8-16-20-14-9-12(10-19-17(14)21-16)15-5-2-6-22-15/h1-7,9-10H,8H2,(H,19,20,21). The lowest BCUT2D eigenvalue weighted by Gasteiger charge is -1.98. The molecule has 0 spiro atoms. The third kappa shape index (κ3) is 2.49. The van der Waals surface area contributed by atoms with Gasteiger partial charge in [0.05, 0.1) is 11.8 Å². The number of fused-ring (bicyclic) bond motifs is 1. The van der Waals surface area contributed by atoms with Crippen LogP contribution < -0.4 is 0 Å². The van der Waals surface area contributed by atoms with Crippen LogP contribution in [0.2, 0.25) is 5.02 Å². The van der Waals surface area contributed by atoms with Crippen molar-refractivity contribution in [2.75, 3.05) is 0 Å². The summed E-state index contributed by atoms with van der Waals surface area (Å²) >= 11 is 6.01. The van der Waals surface area contributed by atoms with Crippen molar-refractivity contribution in [1.82, 2.24) is 15.0 Å². The molecule has 0 fully saturated rings. The number of hydrogen-bond donors (Lipinski definition) is 1. The minimum absolute atomic E-state index is 0.688. The molecule has 0 aliphatic heterocycles. The van der Waals surface area contributed by atoms with E-state index in [4.69, 9.17) is 16.0 Å². The van der Waals surface area contributed by atoms with Crippen LogP contribution in [0, 0.1) is 0 Å². The highest BCUT2D eigenvalue weighted by Gasteiger charge is 2.08. The third-order valence-electron chi connectivity index (χ3n) is 3.45. The molecule has 0 unspecified atom stereocenters. The normalized spacial score (nSPS) is 11.1. The predicted molar refractivity (Wildman–Crippen MR) is 85.8 cm³/mol. The number of nitrogens with zero attached hydrogens (tertiary/aromatic N) is 2. The molecule has 108 valence electrons. The maximum absolute atomic E-state index is 6.01. The Kier molecular flexibility index (Phi) is 3.16. The molecule has 3 heterocycles. The van der Waals surface area contributed by atoms with Crippen LogP contribution in [0.3, 0.4) is 0 Å². The van der Waals surface area contributed by atoms with Gasteiger partial charge >= 0.3 is 0 Å². The van der Waals surface area contributed by atoms with E-state index in [1.54, 1.807) is 12.5 Å². The molecular formula is C17H12ClN3O. The van der Waals surface area contributed by atoms with Crippen molar-refractivity contribution in [3.8, 4) is 11.3 Å². The monoisotopic (exact) mass is 309 g/mol. The minimum Gasteiger partial charge on any atom is -0.464 e. The van der Waals surface area contributed by atoms with Crippen LogP contribution in [0.15, 0.2) is 59.3 Å². The second-order valence-corrected chi connectivity index (χ2v) is 5.50.